The number of hydrazone groups is 1. The van der Waals surface area contributed by atoms with E-state index >= 15 is 0 Å². The fourth-order valence-corrected chi connectivity index (χ4v) is 3.84. The van der Waals surface area contributed by atoms with E-state index in [4.69, 9.17) is 30.5 Å². The van der Waals surface area contributed by atoms with E-state index < -0.39 is 0 Å². The Bertz CT molecular complexity index is 1190. The summed E-state index contributed by atoms with van der Waals surface area (Å²) in [4.78, 5) is 12.5. The second kappa shape index (κ2) is 12.3. The molecule has 0 heterocycles. The summed E-state index contributed by atoms with van der Waals surface area (Å²) in [5, 5.41) is 4.70. The number of methoxy groups -OCH3 is 2. The zero-order valence-corrected chi connectivity index (χ0v) is 21.3. The van der Waals surface area contributed by atoms with Crippen LogP contribution in [0, 0.1) is 0 Å². The molecule has 7 nitrogen and oxygen atoms in total. The first kappa shape index (κ1) is 25.4. The molecule has 0 aromatic heterocycles. The average Bonchev–Trinajstić information content (AvgIpc) is 2.83. The van der Waals surface area contributed by atoms with Crippen LogP contribution in [0.25, 0.3) is 0 Å². The van der Waals surface area contributed by atoms with Crippen molar-refractivity contribution in [1.29, 1.82) is 0 Å². The van der Waals surface area contributed by atoms with Crippen LogP contribution in [-0.2, 0) is 6.61 Å². The maximum absolute atomic E-state index is 12.5. The van der Waals surface area contributed by atoms with E-state index in [0.29, 0.717) is 56.8 Å². The van der Waals surface area contributed by atoms with Gasteiger partial charge < -0.3 is 18.9 Å². The molecule has 34 heavy (non-hydrogen) atoms. The lowest BCUT2D eigenvalue weighted by Gasteiger charge is -2.13. The van der Waals surface area contributed by atoms with Gasteiger partial charge in [0, 0.05) is 10.6 Å². The van der Waals surface area contributed by atoms with E-state index in [1.54, 1.807) is 37.4 Å². The van der Waals surface area contributed by atoms with Gasteiger partial charge in [-0.25, -0.2) is 5.43 Å². The summed E-state index contributed by atoms with van der Waals surface area (Å²) in [5.41, 5.74) is 4.53. The molecule has 1 N–H and O–H groups in total. The Morgan fingerprint density at radius 2 is 1.82 bits per heavy atom. The third-order valence-corrected chi connectivity index (χ3v) is 5.45. The van der Waals surface area contributed by atoms with Crippen molar-refractivity contribution in [2.75, 3.05) is 20.8 Å². The van der Waals surface area contributed by atoms with Gasteiger partial charge in [0.1, 0.15) is 6.61 Å². The van der Waals surface area contributed by atoms with Crippen LogP contribution in [-0.4, -0.2) is 32.9 Å². The second-order valence-electron chi connectivity index (χ2n) is 6.95. The average molecular weight is 548 g/mol. The summed E-state index contributed by atoms with van der Waals surface area (Å²) in [6.07, 6.45) is 1.51. The number of hydrogen-bond acceptors (Lipinski definition) is 6. The lowest BCUT2D eigenvalue weighted by Crippen LogP contribution is -2.17. The van der Waals surface area contributed by atoms with Crippen LogP contribution in [0.3, 0.4) is 0 Å². The van der Waals surface area contributed by atoms with E-state index in [-0.39, 0.29) is 5.91 Å². The molecule has 0 aliphatic carbocycles. The molecule has 9 heteroatoms. The summed E-state index contributed by atoms with van der Waals surface area (Å²) in [5.74, 6) is 1.72. The van der Waals surface area contributed by atoms with Gasteiger partial charge in [-0.3, -0.25) is 4.79 Å². The highest BCUT2D eigenvalue weighted by atomic mass is 79.9. The van der Waals surface area contributed by atoms with Gasteiger partial charge in [-0.05, 0) is 76.4 Å². The van der Waals surface area contributed by atoms with Crippen LogP contribution in [0.2, 0.25) is 5.02 Å². The number of halogens is 2. The predicted molar refractivity (Wildman–Crippen MR) is 136 cm³/mol. The minimum atomic E-state index is -0.384. The SMILES string of the molecule is CCOc1ccc(C(=O)N/N=C/c2cc(Br)c(OCc3cccc(Cl)c3)c(OC)c2)cc1OC. The standard InChI is InChI=1S/C25H24BrClN2O5/c1-4-33-21-9-8-18(13-22(21)31-2)25(30)29-28-14-17-11-20(26)24(23(12-17)32-3)34-15-16-6-5-7-19(27)10-16/h5-14H,4,15H2,1-3H3,(H,29,30)/b28-14+. The molecule has 0 saturated heterocycles. The minimum absolute atomic E-state index is 0.324. The van der Waals surface area contributed by atoms with Crippen molar-refractivity contribution in [1.82, 2.24) is 5.43 Å². The number of benzene rings is 3. The quantitative estimate of drug-likeness (QED) is 0.254. The van der Waals surface area contributed by atoms with Crippen LogP contribution in [0.15, 0.2) is 64.2 Å². The first-order chi connectivity index (χ1) is 16.4. The minimum Gasteiger partial charge on any atom is -0.493 e. The van der Waals surface area contributed by atoms with Gasteiger partial charge in [0.05, 0.1) is 31.5 Å². The molecule has 3 aromatic carbocycles. The molecule has 0 bridgehead atoms. The summed E-state index contributed by atoms with van der Waals surface area (Å²) >= 11 is 9.55. The summed E-state index contributed by atoms with van der Waals surface area (Å²) in [7, 11) is 3.07. The Balaban J connectivity index is 1.68. The predicted octanol–water partition coefficient (Wildman–Crippen LogP) is 5.86. The molecule has 0 fully saturated rings. The lowest BCUT2D eigenvalue weighted by atomic mass is 10.2. The van der Waals surface area contributed by atoms with Crippen molar-refractivity contribution < 1.29 is 23.7 Å². The zero-order valence-electron chi connectivity index (χ0n) is 18.9. The largest absolute Gasteiger partial charge is 0.493 e. The van der Waals surface area contributed by atoms with Crippen molar-refractivity contribution in [3.05, 3.63) is 80.8 Å². The maximum Gasteiger partial charge on any atom is 0.271 e. The first-order valence-electron chi connectivity index (χ1n) is 10.3. The lowest BCUT2D eigenvalue weighted by molar-refractivity contribution is 0.0954. The molecule has 0 atom stereocenters. The summed E-state index contributed by atoms with van der Waals surface area (Å²) < 4.78 is 22.9. The molecular formula is C25H24BrClN2O5. The van der Waals surface area contributed by atoms with Crippen molar-refractivity contribution in [2.24, 2.45) is 5.10 Å². The maximum atomic E-state index is 12.5. The van der Waals surface area contributed by atoms with Crippen LogP contribution in [0.5, 0.6) is 23.0 Å². The molecule has 0 radical (unpaired) electrons. The highest BCUT2D eigenvalue weighted by molar-refractivity contribution is 9.10. The van der Waals surface area contributed by atoms with Crippen molar-refractivity contribution in [3.8, 4) is 23.0 Å². The van der Waals surface area contributed by atoms with Crippen LogP contribution >= 0.6 is 27.5 Å². The van der Waals surface area contributed by atoms with E-state index in [9.17, 15) is 4.79 Å². The third-order valence-electron chi connectivity index (χ3n) is 4.63. The van der Waals surface area contributed by atoms with Gasteiger partial charge in [0.25, 0.3) is 5.91 Å². The molecule has 0 aliphatic heterocycles. The van der Waals surface area contributed by atoms with Crippen molar-refractivity contribution in [2.45, 2.75) is 13.5 Å². The number of ether oxygens (including phenoxy) is 4. The topological polar surface area (TPSA) is 78.4 Å². The van der Waals surface area contributed by atoms with Gasteiger partial charge in [0.2, 0.25) is 0 Å². The van der Waals surface area contributed by atoms with Gasteiger partial charge in [-0.1, -0.05) is 23.7 Å². The third kappa shape index (κ3) is 6.65. The molecule has 0 aliphatic rings. The molecule has 0 saturated carbocycles. The Kier molecular flexibility index (Phi) is 9.18. The molecule has 3 aromatic rings. The highest BCUT2D eigenvalue weighted by Gasteiger charge is 2.13. The van der Waals surface area contributed by atoms with Crippen molar-refractivity contribution in [3.63, 3.8) is 0 Å². The zero-order chi connectivity index (χ0) is 24.5. The monoisotopic (exact) mass is 546 g/mol. The van der Waals surface area contributed by atoms with Crippen LogP contribution in [0.4, 0.5) is 0 Å². The fraction of sp³-hybridized carbons (Fsp3) is 0.200. The number of carbonyl (C=O) groups is 1. The number of rotatable bonds is 10. The van der Waals surface area contributed by atoms with E-state index in [1.807, 2.05) is 31.2 Å². The number of hydrogen-bond donors (Lipinski definition) is 1. The Hall–Kier alpha value is -3.23. The first-order valence-corrected chi connectivity index (χ1v) is 11.5. The number of nitrogens with zero attached hydrogens (tertiary/aromatic N) is 1. The molecular weight excluding hydrogens is 524 g/mol. The number of carbonyl (C=O) groups excluding carboxylic acids is 1. The molecule has 1 amide bonds. The van der Waals surface area contributed by atoms with E-state index in [1.165, 1.54) is 13.3 Å². The van der Waals surface area contributed by atoms with Crippen LogP contribution < -0.4 is 24.4 Å². The van der Waals surface area contributed by atoms with E-state index in [0.717, 1.165) is 5.56 Å². The summed E-state index contributed by atoms with van der Waals surface area (Å²) in [6.45, 7) is 2.69. The van der Waals surface area contributed by atoms with E-state index in [2.05, 4.69) is 26.5 Å². The second-order valence-corrected chi connectivity index (χ2v) is 8.24. The smallest absolute Gasteiger partial charge is 0.271 e. The van der Waals surface area contributed by atoms with Gasteiger partial charge >= 0.3 is 0 Å². The van der Waals surface area contributed by atoms with Gasteiger partial charge in [-0.15, -0.1) is 0 Å². The Morgan fingerprint density at radius 1 is 1.03 bits per heavy atom. The molecule has 0 unspecified atom stereocenters. The fourth-order valence-electron chi connectivity index (χ4n) is 3.05. The van der Waals surface area contributed by atoms with Gasteiger partial charge in [0.15, 0.2) is 23.0 Å². The van der Waals surface area contributed by atoms with Gasteiger partial charge in [-0.2, -0.15) is 5.10 Å². The molecule has 3 rings (SSSR count). The number of nitrogens with one attached hydrogen (secondary N) is 1. The molecule has 0 spiro atoms. The Morgan fingerprint density at radius 3 is 2.53 bits per heavy atom. The van der Waals surface area contributed by atoms with Crippen molar-refractivity contribution >= 4 is 39.7 Å². The Labute approximate surface area is 211 Å². The normalized spacial score (nSPS) is 10.7. The highest BCUT2D eigenvalue weighted by Crippen LogP contribution is 2.37. The van der Waals surface area contributed by atoms with Crippen LogP contribution in [0.1, 0.15) is 28.4 Å². The number of amides is 1. The molecule has 178 valence electrons. The summed E-state index contributed by atoms with van der Waals surface area (Å²) in [6, 6.07) is 15.9.